The van der Waals surface area contributed by atoms with Crippen molar-refractivity contribution in [2.24, 2.45) is 5.73 Å². The number of carbonyl (C=O) groups excluding carboxylic acids is 2. The molecule has 192 valence electrons. The Morgan fingerprint density at radius 2 is 1.80 bits per heavy atom. The van der Waals surface area contributed by atoms with Gasteiger partial charge in [-0.15, -0.1) is 10.2 Å². The van der Waals surface area contributed by atoms with Crippen LogP contribution in [0.25, 0.3) is 0 Å². The standard InChI is InChI=1S/C20H22F6N6O3/c1-9(33)17(27)18(35)28-11(4-10-5-13(22)14(23)7-12(10)21)6-16(34)31-2-3-32-15(8-31)29-30-19(32)20(24,25)26/h5,7,9,11,17,33H,2-4,6,8,27H2,1H3,(H,28,35). The van der Waals surface area contributed by atoms with Crippen LogP contribution in [0.5, 0.6) is 0 Å². The maximum Gasteiger partial charge on any atom is 0.451 e. The van der Waals surface area contributed by atoms with Crippen LogP contribution in [0.1, 0.15) is 30.6 Å². The molecule has 1 aromatic heterocycles. The van der Waals surface area contributed by atoms with E-state index in [2.05, 4.69) is 15.5 Å². The Balaban J connectivity index is 1.78. The number of benzene rings is 1. The predicted molar refractivity (Wildman–Crippen MR) is 107 cm³/mol. The Bertz CT molecular complexity index is 1110. The van der Waals surface area contributed by atoms with E-state index in [1.165, 1.54) is 11.8 Å². The van der Waals surface area contributed by atoms with Crippen LogP contribution < -0.4 is 11.1 Å². The molecule has 0 bridgehead atoms. The molecule has 1 aliphatic rings. The lowest BCUT2D eigenvalue weighted by Gasteiger charge is -2.30. The predicted octanol–water partition coefficient (Wildman–Crippen LogP) is 0.882. The molecule has 3 atom stereocenters. The summed E-state index contributed by atoms with van der Waals surface area (Å²) in [6.45, 7) is 0.596. The summed E-state index contributed by atoms with van der Waals surface area (Å²) in [5, 5.41) is 18.5. The summed E-state index contributed by atoms with van der Waals surface area (Å²) in [5.74, 6) is -6.67. The van der Waals surface area contributed by atoms with Crippen molar-refractivity contribution in [1.29, 1.82) is 0 Å². The maximum atomic E-state index is 14.2. The molecule has 0 spiro atoms. The fraction of sp³-hybridized carbons (Fsp3) is 0.500. The third kappa shape index (κ3) is 6.08. The number of carbonyl (C=O) groups is 2. The van der Waals surface area contributed by atoms with Gasteiger partial charge in [-0.05, 0) is 25.0 Å². The Morgan fingerprint density at radius 1 is 1.14 bits per heavy atom. The van der Waals surface area contributed by atoms with Crippen molar-refractivity contribution in [2.75, 3.05) is 6.54 Å². The highest BCUT2D eigenvalue weighted by Crippen LogP contribution is 2.29. The molecular weight excluding hydrogens is 486 g/mol. The Hall–Kier alpha value is -3.20. The second-order valence-electron chi connectivity index (χ2n) is 8.14. The second kappa shape index (κ2) is 10.2. The van der Waals surface area contributed by atoms with Crippen molar-refractivity contribution >= 4 is 11.8 Å². The molecule has 2 aromatic rings. The van der Waals surface area contributed by atoms with Crippen LogP contribution in [-0.2, 0) is 35.3 Å². The molecule has 3 unspecified atom stereocenters. The molecule has 0 saturated heterocycles. The minimum absolute atomic E-state index is 0.0970. The summed E-state index contributed by atoms with van der Waals surface area (Å²) >= 11 is 0. The fourth-order valence-corrected chi connectivity index (χ4v) is 3.60. The van der Waals surface area contributed by atoms with Gasteiger partial charge in [-0.25, -0.2) is 13.2 Å². The van der Waals surface area contributed by atoms with E-state index in [4.69, 9.17) is 5.73 Å². The van der Waals surface area contributed by atoms with Crippen LogP contribution in [-0.4, -0.2) is 61.3 Å². The largest absolute Gasteiger partial charge is 0.451 e. The first-order valence-electron chi connectivity index (χ1n) is 10.4. The van der Waals surface area contributed by atoms with Gasteiger partial charge in [0.05, 0.1) is 12.6 Å². The third-order valence-electron chi connectivity index (χ3n) is 5.50. The van der Waals surface area contributed by atoms with Crippen molar-refractivity contribution in [2.45, 2.75) is 57.2 Å². The van der Waals surface area contributed by atoms with Gasteiger partial charge in [-0.2, -0.15) is 13.2 Å². The molecule has 2 amide bonds. The van der Waals surface area contributed by atoms with Gasteiger partial charge >= 0.3 is 6.18 Å². The smallest absolute Gasteiger partial charge is 0.391 e. The Morgan fingerprint density at radius 3 is 2.43 bits per heavy atom. The first-order chi connectivity index (χ1) is 16.3. The summed E-state index contributed by atoms with van der Waals surface area (Å²) in [6, 6.07) is -1.64. The van der Waals surface area contributed by atoms with Gasteiger partial charge in [0, 0.05) is 31.6 Å². The van der Waals surface area contributed by atoms with Crippen LogP contribution in [0.4, 0.5) is 26.3 Å². The molecule has 35 heavy (non-hydrogen) atoms. The lowest BCUT2D eigenvalue weighted by atomic mass is 10.0. The number of alkyl halides is 3. The monoisotopic (exact) mass is 508 g/mol. The normalized spacial score (nSPS) is 16.4. The lowest BCUT2D eigenvalue weighted by molar-refractivity contribution is -0.148. The topological polar surface area (TPSA) is 126 Å². The van der Waals surface area contributed by atoms with Crippen LogP contribution in [0.15, 0.2) is 12.1 Å². The zero-order chi connectivity index (χ0) is 26.1. The van der Waals surface area contributed by atoms with Gasteiger partial charge in [0.15, 0.2) is 17.5 Å². The van der Waals surface area contributed by atoms with Crippen LogP contribution in [0, 0.1) is 17.5 Å². The van der Waals surface area contributed by atoms with Crippen molar-refractivity contribution < 1.29 is 41.0 Å². The van der Waals surface area contributed by atoms with Gasteiger partial charge in [-0.3, -0.25) is 9.59 Å². The summed E-state index contributed by atoms with van der Waals surface area (Å²) in [7, 11) is 0. The molecule has 0 radical (unpaired) electrons. The average Bonchev–Trinajstić information content (AvgIpc) is 3.20. The average molecular weight is 508 g/mol. The summed E-state index contributed by atoms with van der Waals surface area (Å²) in [5.41, 5.74) is 5.26. The lowest BCUT2D eigenvalue weighted by Crippen LogP contribution is -2.52. The number of aliphatic hydroxyl groups excluding tert-OH is 1. The molecular formula is C20H22F6N6O3. The number of nitrogens with one attached hydrogen (secondary N) is 1. The van der Waals surface area contributed by atoms with Crippen LogP contribution in [0.2, 0.25) is 0 Å². The number of halogens is 6. The Kier molecular flexibility index (Phi) is 7.69. The number of fused-ring (bicyclic) bond motifs is 1. The molecule has 0 aliphatic carbocycles. The van der Waals surface area contributed by atoms with Gasteiger partial charge in [0.25, 0.3) is 0 Å². The van der Waals surface area contributed by atoms with Crippen molar-refractivity contribution in [1.82, 2.24) is 25.0 Å². The van der Waals surface area contributed by atoms with Gasteiger partial charge in [0.1, 0.15) is 11.9 Å². The van der Waals surface area contributed by atoms with Crippen LogP contribution >= 0.6 is 0 Å². The maximum absolute atomic E-state index is 14.2. The first kappa shape index (κ1) is 26.4. The van der Waals surface area contributed by atoms with Crippen molar-refractivity contribution in [3.63, 3.8) is 0 Å². The quantitative estimate of drug-likeness (QED) is 0.377. The minimum Gasteiger partial charge on any atom is -0.391 e. The SMILES string of the molecule is CC(O)C(N)C(=O)NC(CC(=O)N1CCn2c(nnc2C(F)(F)F)C1)Cc1cc(F)c(F)cc1F. The van der Waals surface area contributed by atoms with E-state index in [0.717, 1.165) is 4.57 Å². The summed E-state index contributed by atoms with van der Waals surface area (Å²) in [4.78, 5) is 26.4. The second-order valence-corrected chi connectivity index (χ2v) is 8.14. The van der Waals surface area contributed by atoms with Crippen LogP contribution in [0.3, 0.4) is 0 Å². The number of amides is 2. The number of aliphatic hydroxyl groups is 1. The number of aromatic nitrogens is 3. The Labute approximate surface area is 194 Å². The molecule has 15 heteroatoms. The zero-order valence-electron chi connectivity index (χ0n) is 18.3. The molecule has 4 N–H and O–H groups in total. The highest BCUT2D eigenvalue weighted by atomic mass is 19.4. The van der Waals surface area contributed by atoms with Crippen molar-refractivity contribution in [3.05, 3.63) is 46.8 Å². The number of nitrogens with zero attached hydrogens (tertiary/aromatic N) is 4. The molecule has 9 nitrogen and oxygen atoms in total. The number of nitrogens with two attached hydrogens (primary N) is 1. The number of hydrogen-bond donors (Lipinski definition) is 3. The molecule has 1 aliphatic heterocycles. The molecule has 1 aromatic carbocycles. The highest BCUT2D eigenvalue weighted by Gasteiger charge is 2.40. The van der Waals surface area contributed by atoms with E-state index >= 15 is 0 Å². The van der Waals surface area contributed by atoms with E-state index in [9.17, 15) is 41.0 Å². The minimum atomic E-state index is -4.72. The van der Waals surface area contributed by atoms with E-state index < -0.39 is 72.3 Å². The first-order valence-corrected chi connectivity index (χ1v) is 10.4. The van der Waals surface area contributed by atoms with E-state index in [1.807, 2.05) is 0 Å². The molecule has 0 fully saturated rings. The molecule has 0 saturated carbocycles. The van der Waals surface area contributed by atoms with E-state index in [1.54, 1.807) is 0 Å². The summed E-state index contributed by atoms with van der Waals surface area (Å²) < 4.78 is 81.0. The van der Waals surface area contributed by atoms with Gasteiger partial charge < -0.3 is 25.6 Å². The fourth-order valence-electron chi connectivity index (χ4n) is 3.60. The van der Waals surface area contributed by atoms with Crippen molar-refractivity contribution in [3.8, 4) is 0 Å². The zero-order valence-corrected chi connectivity index (χ0v) is 18.3. The van der Waals surface area contributed by atoms with Gasteiger partial charge in [-0.1, -0.05) is 0 Å². The third-order valence-corrected chi connectivity index (χ3v) is 5.50. The number of hydrogen-bond acceptors (Lipinski definition) is 6. The highest BCUT2D eigenvalue weighted by molar-refractivity contribution is 5.83. The van der Waals surface area contributed by atoms with E-state index in [0.29, 0.717) is 12.1 Å². The summed E-state index contributed by atoms with van der Waals surface area (Å²) in [6.07, 6.45) is -6.89. The molecule has 3 rings (SSSR count). The number of rotatable bonds is 7. The molecule has 2 heterocycles. The van der Waals surface area contributed by atoms with Gasteiger partial charge in [0.2, 0.25) is 17.6 Å². The van der Waals surface area contributed by atoms with E-state index in [-0.39, 0.29) is 31.0 Å².